The Labute approximate surface area is 287 Å². The fourth-order valence-electron chi connectivity index (χ4n) is 6.29. The second-order valence-electron chi connectivity index (χ2n) is 12.2. The van der Waals surface area contributed by atoms with Gasteiger partial charge in [0.2, 0.25) is 0 Å². The van der Waals surface area contributed by atoms with Crippen LogP contribution in [0.3, 0.4) is 0 Å². The normalized spacial score (nSPS) is 15.6. The van der Waals surface area contributed by atoms with E-state index in [9.17, 15) is 41.5 Å². The molecule has 3 aromatic carbocycles. The van der Waals surface area contributed by atoms with Gasteiger partial charge in [0, 0.05) is 44.9 Å². The maximum absolute atomic E-state index is 14.0. The fourth-order valence-corrected chi connectivity index (χ4v) is 7.94. The molecule has 1 fully saturated rings. The van der Waals surface area contributed by atoms with Gasteiger partial charge in [-0.25, -0.2) is 8.42 Å². The van der Waals surface area contributed by atoms with Crippen molar-refractivity contribution >= 4 is 27.5 Å². The Hall–Kier alpha value is -5.04. The van der Waals surface area contributed by atoms with E-state index in [1.807, 2.05) is 0 Å². The van der Waals surface area contributed by atoms with Crippen LogP contribution in [-0.2, 0) is 34.5 Å². The number of benzene rings is 3. The minimum absolute atomic E-state index is 0.0000388. The summed E-state index contributed by atoms with van der Waals surface area (Å²) in [6, 6.07) is 19.5. The molecule has 1 atom stereocenters. The molecule has 1 saturated heterocycles. The largest absolute Gasteiger partial charge is 0.417 e. The van der Waals surface area contributed by atoms with Gasteiger partial charge in [-0.05, 0) is 78.8 Å². The van der Waals surface area contributed by atoms with E-state index in [0.717, 1.165) is 12.1 Å². The maximum Gasteiger partial charge on any atom is 0.417 e. The number of sulfonamides is 1. The van der Waals surface area contributed by atoms with Crippen LogP contribution in [0, 0.1) is 24.2 Å². The first-order chi connectivity index (χ1) is 23.6. The van der Waals surface area contributed by atoms with Crippen LogP contribution in [0.25, 0.3) is 11.1 Å². The summed E-state index contributed by atoms with van der Waals surface area (Å²) in [5, 5.41) is 30.6. The number of amides is 2. The number of hydrogen-bond acceptors (Lipinski definition) is 7. The minimum atomic E-state index is -4.87. The van der Waals surface area contributed by atoms with Crippen LogP contribution in [-0.4, -0.2) is 65.2 Å². The molecule has 0 spiro atoms. The van der Waals surface area contributed by atoms with Crippen LogP contribution in [0.5, 0.6) is 0 Å². The third kappa shape index (κ3) is 7.42. The Morgan fingerprint density at radius 2 is 1.68 bits per heavy atom. The molecule has 1 unspecified atom stereocenters. The van der Waals surface area contributed by atoms with Crippen LogP contribution >= 0.6 is 0 Å². The predicted octanol–water partition coefficient (Wildman–Crippen LogP) is 4.66. The highest BCUT2D eigenvalue weighted by atomic mass is 32.2. The topological polar surface area (TPSA) is 157 Å². The van der Waals surface area contributed by atoms with Crippen molar-refractivity contribution in [3.05, 3.63) is 101 Å². The van der Waals surface area contributed by atoms with Crippen LogP contribution in [0.2, 0.25) is 0 Å². The maximum atomic E-state index is 14.0. The number of piperidine rings is 1. The number of aliphatic hydroxyl groups is 1. The summed E-state index contributed by atoms with van der Waals surface area (Å²) in [6.45, 7) is 1.60. The van der Waals surface area contributed by atoms with Gasteiger partial charge in [0.15, 0.2) is 5.03 Å². The number of carbonyl (C=O) groups excluding carboxylic acids is 2. The van der Waals surface area contributed by atoms with Crippen LogP contribution in [0.1, 0.15) is 45.6 Å². The monoisotopic (exact) mass is 708 g/mol. The number of aryl methyl sites for hydroxylation is 2. The molecule has 2 heterocycles. The molecular formula is C35H35F3N6O5S. The number of aromatic nitrogens is 2. The van der Waals surface area contributed by atoms with E-state index in [1.165, 1.54) is 35.2 Å². The van der Waals surface area contributed by atoms with Crippen molar-refractivity contribution in [3.8, 4) is 17.2 Å². The standard InChI is InChI=1S/C35H35F3N6O5S/c1-22-16-31(43(3)42-22)50(48,49)44-14-12-28(13-15-44)34(47,33(46)41-29-11-10-27(21-39)30(19-29)35(36,37)38)20-23-6-4-7-24(17-23)25-8-5-9-26(18-25)32(45)40-2/h4-11,16-19,28,47H,12-15,20H2,1-3H3,(H,40,45)(H,41,46). The molecule has 11 nitrogen and oxygen atoms in total. The minimum Gasteiger partial charge on any atom is -0.379 e. The van der Waals surface area contributed by atoms with Gasteiger partial charge < -0.3 is 15.7 Å². The van der Waals surface area contributed by atoms with Crippen molar-refractivity contribution in [1.82, 2.24) is 19.4 Å². The molecule has 1 aliphatic heterocycles. The third-order valence-corrected chi connectivity index (χ3v) is 10.8. The number of halogens is 3. The lowest BCUT2D eigenvalue weighted by Gasteiger charge is -2.40. The second kappa shape index (κ2) is 14.1. The Kier molecular flexibility index (Phi) is 10.2. The van der Waals surface area contributed by atoms with E-state index in [4.69, 9.17) is 0 Å². The van der Waals surface area contributed by atoms with E-state index in [2.05, 4.69) is 15.7 Å². The van der Waals surface area contributed by atoms with Crippen LogP contribution < -0.4 is 10.6 Å². The summed E-state index contributed by atoms with van der Waals surface area (Å²) in [6.07, 6.45) is -5.00. The molecule has 262 valence electrons. The number of nitrogens with zero attached hydrogens (tertiary/aromatic N) is 4. The first-order valence-corrected chi connectivity index (χ1v) is 17.1. The Morgan fingerprint density at radius 3 is 2.28 bits per heavy atom. The molecule has 1 aliphatic rings. The molecular weight excluding hydrogens is 673 g/mol. The summed E-state index contributed by atoms with van der Waals surface area (Å²) in [7, 11) is -0.915. The molecule has 50 heavy (non-hydrogen) atoms. The van der Waals surface area contributed by atoms with Crippen molar-refractivity contribution in [2.75, 3.05) is 25.5 Å². The lowest BCUT2D eigenvalue weighted by Crippen LogP contribution is -2.54. The van der Waals surface area contributed by atoms with Gasteiger partial charge in [-0.2, -0.15) is 27.8 Å². The first-order valence-electron chi connectivity index (χ1n) is 15.6. The molecule has 0 radical (unpaired) electrons. The molecule has 2 amide bonds. The third-order valence-electron chi connectivity index (χ3n) is 8.87. The Morgan fingerprint density at radius 1 is 1.02 bits per heavy atom. The first kappa shape index (κ1) is 36.2. The molecule has 1 aromatic heterocycles. The average molecular weight is 709 g/mol. The summed E-state index contributed by atoms with van der Waals surface area (Å²) in [5.74, 6) is -2.06. The molecule has 4 aromatic rings. The lowest BCUT2D eigenvalue weighted by atomic mass is 9.76. The highest BCUT2D eigenvalue weighted by Crippen LogP contribution is 2.37. The van der Waals surface area contributed by atoms with Gasteiger partial charge in [-0.3, -0.25) is 14.3 Å². The Bertz CT molecular complexity index is 2080. The van der Waals surface area contributed by atoms with Gasteiger partial charge in [0.05, 0.1) is 22.9 Å². The number of anilines is 1. The summed E-state index contributed by atoms with van der Waals surface area (Å²) in [4.78, 5) is 26.2. The zero-order valence-electron chi connectivity index (χ0n) is 27.5. The van der Waals surface area contributed by atoms with Gasteiger partial charge >= 0.3 is 6.18 Å². The number of alkyl halides is 3. The highest BCUT2D eigenvalue weighted by Gasteiger charge is 2.47. The molecule has 15 heteroatoms. The van der Waals surface area contributed by atoms with Crippen molar-refractivity contribution in [2.45, 2.75) is 43.0 Å². The zero-order valence-corrected chi connectivity index (χ0v) is 28.3. The average Bonchev–Trinajstić information content (AvgIpc) is 3.45. The highest BCUT2D eigenvalue weighted by molar-refractivity contribution is 7.89. The van der Waals surface area contributed by atoms with E-state index in [1.54, 1.807) is 55.5 Å². The Balaban J connectivity index is 1.47. The fraction of sp³-hybridized carbons (Fsp3) is 0.314. The van der Waals surface area contributed by atoms with Gasteiger partial charge in [-0.1, -0.05) is 36.4 Å². The zero-order chi connectivity index (χ0) is 36.4. The number of nitriles is 1. The number of hydrogen-bond donors (Lipinski definition) is 3. The summed E-state index contributed by atoms with van der Waals surface area (Å²) < 4.78 is 70.6. The number of carbonyl (C=O) groups is 2. The SMILES string of the molecule is CNC(=O)c1cccc(-c2cccc(CC(O)(C(=O)Nc3ccc(C#N)c(C(F)(F)F)c3)C3CCN(S(=O)(=O)c4cc(C)nn4C)CC3)c2)c1. The number of nitrogens with one attached hydrogen (secondary N) is 2. The molecule has 3 N–H and O–H groups in total. The van der Waals surface area contributed by atoms with E-state index >= 15 is 0 Å². The predicted molar refractivity (Wildman–Crippen MR) is 178 cm³/mol. The van der Waals surface area contributed by atoms with E-state index in [0.29, 0.717) is 34.0 Å². The summed E-state index contributed by atoms with van der Waals surface area (Å²) >= 11 is 0. The van der Waals surface area contributed by atoms with Gasteiger partial charge in [0.25, 0.3) is 21.8 Å². The summed E-state index contributed by atoms with van der Waals surface area (Å²) in [5.41, 5.74) is -1.49. The van der Waals surface area contributed by atoms with Gasteiger partial charge in [-0.15, -0.1) is 0 Å². The molecule has 5 rings (SSSR count). The quantitative estimate of drug-likeness (QED) is 0.228. The lowest BCUT2D eigenvalue weighted by molar-refractivity contribution is -0.142. The van der Waals surface area contributed by atoms with E-state index < -0.39 is 44.8 Å². The number of rotatable bonds is 9. The smallest absolute Gasteiger partial charge is 0.379 e. The van der Waals surface area contributed by atoms with Crippen molar-refractivity contribution in [1.29, 1.82) is 5.26 Å². The van der Waals surface area contributed by atoms with Crippen molar-refractivity contribution < 1.29 is 36.3 Å². The molecule has 0 bridgehead atoms. The van der Waals surface area contributed by atoms with Crippen molar-refractivity contribution in [2.24, 2.45) is 13.0 Å². The van der Waals surface area contributed by atoms with Crippen LogP contribution in [0.15, 0.2) is 77.8 Å². The second-order valence-corrected chi connectivity index (χ2v) is 14.1. The van der Waals surface area contributed by atoms with Crippen molar-refractivity contribution in [3.63, 3.8) is 0 Å². The van der Waals surface area contributed by atoms with Crippen LogP contribution in [0.4, 0.5) is 18.9 Å². The molecule has 0 aliphatic carbocycles. The van der Waals surface area contributed by atoms with Gasteiger partial charge in [0.1, 0.15) is 5.60 Å². The molecule has 0 saturated carbocycles. The van der Waals surface area contributed by atoms with E-state index in [-0.39, 0.29) is 49.0 Å².